The first kappa shape index (κ1) is 11.3. The molecule has 3 nitrogen and oxygen atoms in total. The maximum absolute atomic E-state index is 12.5. The highest BCUT2D eigenvalue weighted by Crippen LogP contribution is 2.48. The standard InChI is InChI=1S/C15H16N2O/c1-11-6-9-17(13-5-3-2-4-12(11)13)14(18)15(10-16)7-8-15/h2-5,11H,6-9H2,1H3. The average Bonchev–Trinajstić information content (AvgIpc) is 3.20. The number of nitrogens with zero attached hydrogens (tertiary/aromatic N) is 2. The lowest BCUT2D eigenvalue weighted by Gasteiger charge is -2.34. The maximum Gasteiger partial charge on any atom is 0.247 e. The summed E-state index contributed by atoms with van der Waals surface area (Å²) in [6.45, 7) is 2.93. The van der Waals surface area contributed by atoms with Crippen molar-refractivity contribution >= 4 is 11.6 Å². The molecule has 3 heteroatoms. The van der Waals surface area contributed by atoms with Gasteiger partial charge in [0.1, 0.15) is 5.41 Å². The van der Waals surface area contributed by atoms with E-state index < -0.39 is 5.41 Å². The monoisotopic (exact) mass is 240 g/mol. The van der Waals surface area contributed by atoms with E-state index in [1.807, 2.05) is 23.1 Å². The minimum atomic E-state index is -0.715. The van der Waals surface area contributed by atoms with E-state index in [2.05, 4.69) is 19.1 Å². The Morgan fingerprint density at radius 1 is 1.44 bits per heavy atom. The van der Waals surface area contributed by atoms with E-state index in [1.54, 1.807) is 0 Å². The van der Waals surface area contributed by atoms with Crippen LogP contribution in [-0.2, 0) is 4.79 Å². The summed E-state index contributed by atoms with van der Waals surface area (Å²) in [4.78, 5) is 14.3. The van der Waals surface area contributed by atoms with E-state index in [9.17, 15) is 4.79 Å². The van der Waals surface area contributed by atoms with Gasteiger partial charge >= 0.3 is 0 Å². The fraction of sp³-hybridized carbons (Fsp3) is 0.467. The number of nitriles is 1. The number of hydrogen-bond donors (Lipinski definition) is 0. The number of anilines is 1. The Kier molecular flexibility index (Phi) is 2.41. The van der Waals surface area contributed by atoms with Crippen molar-refractivity contribution in [1.29, 1.82) is 5.26 Å². The van der Waals surface area contributed by atoms with E-state index in [4.69, 9.17) is 5.26 Å². The van der Waals surface area contributed by atoms with Crippen LogP contribution in [0.2, 0.25) is 0 Å². The SMILES string of the molecule is CC1CCN(C(=O)C2(C#N)CC2)c2ccccc21. The Morgan fingerprint density at radius 2 is 2.17 bits per heavy atom. The number of fused-ring (bicyclic) bond motifs is 1. The van der Waals surface area contributed by atoms with Gasteiger partial charge in [0.05, 0.1) is 6.07 Å². The summed E-state index contributed by atoms with van der Waals surface area (Å²) in [6, 6.07) is 10.3. The third-order valence-corrected chi connectivity index (χ3v) is 4.16. The molecule has 0 N–H and O–H groups in total. The van der Waals surface area contributed by atoms with Crippen molar-refractivity contribution in [1.82, 2.24) is 0 Å². The van der Waals surface area contributed by atoms with Gasteiger partial charge in [-0.15, -0.1) is 0 Å². The minimum absolute atomic E-state index is 0.00403. The predicted octanol–water partition coefficient (Wildman–Crippen LogP) is 2.83. The molecule has 1 aromatic carbocycles. The van der Waals surface area contributed by atoms with Crippen LogP contribution in [0.4, 0.5) is 5.69 Å². The maximum atomic E-state index is 12.5. The first-order chi connectivity index (χ1) is 8.68. The van der Waals surface area contributed by atoms with Crippen LogP contribution in [0.3, 0.4) is 0 Å². The Labute approximate surface area is 107 Å². The topological polar surface area (TPSA) is 44.1 Å². The molecule has 1 aliphatic heterocycles. The van der Waals surface area contributed by atoms with Crippen LogP contribution in [-0.4, -0.2) is 12.5 Å². The van der Waals surface area contributed by atoms with Gasteiger partial charge in [0, 0.05) is 12.2 Å². The van der Waals surface area contributed by atoms with Gasteiger partial charge in [0.25, 0.3) is 0 Å². The molecule has 1 saturated carbocycles. The molecular formula is C15H16N2O. The van der Waals surface area contributed by atoms with Crippen LogP contribution in [0.1, 0.15) is 37.7 Å². The first-order valence-corrected chi connectivity index (χ1v) is 6.50. The molecule has 18 heavy (non-hydrogen) atoms. The Balaban J connectivity index is 1.98. The summed E-state index contributed by atoms with van der Waals surface area (Å²) >= 11 is 0. The van der Waals surface area contributed by atoms with Gasteiger partial charge in [-0.2, -0.15) is 5.26 Å². The molecule has 1 heterocycles. The zero-order valence-corrected chi connectivity index (χ0v) is 10.5. The Hall–Kier alpha value is -1.82. The molecule has 1 fully saturated rings. The molecule has 0 radical (unpaired) electrons. The summed E-state index contributed by atoms with van der Waals surface area (Å²) in [5.41, 5.74) is 1.52. The summed E-state index contributed by atoms with van der Waals surface area (Å²) in [7, 11) is 0. The third-order valence-electron chi connectivity index (χ3n) is 4.16. The molecule has 3 rings (SSSR count). The van der Waals surface area contributed by atoms with Crippen LogP contribution in [0.25, 0.3) is 0 Å². The lowest BCUT2D eigenvalue weighted by molar-refractivity contribution is -0.121. The minimum Gasteiger partial charge on any atom is -0.311 e. The van der Waals surface area contributed by atoms with Gasteiger partial charge in [0.2, 0.25) is 5.91 Å². The second-order valence-corrected chi connectivity index (χ2v) is 5.40. The molecule has 1 amide bonds. The number of amides is 1. The highest BCUT2D eigenvalue weighted by molar-refractivity contribution is 6.02. The van der Waals surface area contributed by atoms with Crippen molar-refractivity contribution in [2.45, 2.75) is 32.1 Å². The third kappa shape index (κ3) is 1.53. The van der Waals surface area contributed by atoms with Crippen LogP contribution in [0.5, 0.6) is 0 Å². The van der Waals surface area contributed by atoms with Gasteiger partial charge in [-0.3, -0.25) is 4.79 Å². The van der Waals surface area contributed by atoms with E-state index in [-0.39, 0.29) is 5.91 Å². The summed E-state index contributed by atoms with van der Waals surface area (Å²) in [5, 5.41) is 9.16. The Bertz CT molecular complexity index is 540. The summed E-state index contributed by atoms with van der Waals surface area (Å²) in [6.07, 6.45) is 2.41. The normalized spacial score (nSPS) is 24.0. The van der Waals surface area contributed by atoms with Crippen LogP contribution in [0, 0.1) is 16.7 Å². The van der Waals surface area contributed by atoms with Gasteiger partial charge in [-0.1, -0.05) is 25.1 Å². The molecule has 0 aromatic heterocycles. The fourth-order valence-electron chi connectivity index (χ4n) is 2.72. The van der Waals surface area contributed by atoms with Crippen LogP contribution in [0.15, 0.2) is 24.3 Å². The number of para-hydroxylation sites is 1. The highest BCUT2D eigenvalue weighted by atomic mass is 16.2. The van der Waals surface area contributed by atoms with Gasteiger partial charge in [0.15, 0.2) is 0 Å². The quantitative estimate of drug-likeness (QED) is 0.757. The molecule has 1 aliphatic carbocycles. The molecule has 1 aromatic rings. The fourth-order valence-corrected chi connectivity index (χ4v) is 2.72. The van der Waals surface area contributed by atoms with E-state index in [0.29, 0.717) is 5.92 Å². The largest absolute Gasteiger partial charge is 0.311 e. The average molecular weight is 240 g/mol. The number of benzene rings is 1. The first-order valence-electron chi connectivity index (χ1n) is 6.50. The zero-order chi connectivity index (χ0) is 12.8. The molecule has 0 spiro atoms. The smallest absolute Gasteiger partial charge is 0.247 e. The molecular weight excluding hydrogens is 224 g/mol. The Morgan fingerprint density at radius 3 is 2.83 bits per heavy atom. The number of rotatable bonds is 1. The van der Waals surface area contributed by atoms with Gasteiger partial charge < -0.3 is 4.90 Å². The summed E-state index contributed by atoms with van der Waals surface area (Å²) < 4.78 is 0. The van der Waals surface area contributed by atoms with E-state index >= 15 is 0 Å². The molecule has 0 saturated heterocycles. The van der Waals surface area contributed by atoms with Crippen molar-refractivity contribution in [3.05, 3.63) is 29.8 Å². The lowest BCUT2D eigenvalue weighted by atomic mass is 9.90. The predicted molar refractivity (Wildman–Crippen MR) is 69.1 cm³/mol. The van der Waals surface area contributed by atoms with Crippen LogP contribution >= 0.6 is 0 Å². The van der Waals surface area contributed by atoms with Gasteiger partial charge in [-0.05, 0) is 36.8 Å². The second-order valence-electron chi connectivity index (χ2n) is 5.40. The number of carbonyl (C=O) groups is 1. The van der Waals surface area contributed by atoms with Crippen molar-refractivity contribution in [3.8, 4) is 6.07 Å². The summed E-state index contributed by atoms with van der Waals surface area (Å²) in [5.74, 6) is 0.492. The van der Waals surface area contributed by atoms with Crippen molar-refractivity contribution in [2.24, 2.45) is 5.41 Å². The molecule has 1 unspecified atom stereocenters. The number of hydrogen-bond acceptors (Lipinski definition) is 2. The number of carbonyl (C=O) groups excluding carboxylic acids is 1. The molecule has 1 atom stereocenters. The van der Waals surface area contributed by atoms with E-state index in [1.165, 1.54) is 5.56 Å². The van der Waals surface area contributed by atoms with Gasteiger partial charge in [-0.25, -0.2) is 0 Å². The van der Waals surface area contributed by atoms with Crippen LogP contribution < -0.4 is 4.90 Å². The van der Waals surface area contributed by atoms with Crippen molar-refractivity contribution < 1.29 is 4.79 Å². The zero-order valence-electron chi connectivity index (χ0n) is 10.5. The highest BCUT2D eigenvalue weighted by Gasteiger charge is 2.53. The van der Waals surface area contributed by atoms with E-state index in [0.717, 1.165) is 31.5 Å². The second kappa shape index (κ2) is 3.84. The van der Waals surface area contributed by atoms with Crippen molar-refractivity contribution in [2.75, 3.05) is 11.4 Å². The molecule has 2 aliphatic rings. The molecule has 92 valence electrons. The molecule has 0 bridgehead atoms. The lowest BCUT2D eigenvalue weighted by Crippen LogP contribution is -2.40. The van der Waals surface area contributed by atoms with Crippen molar-refractivity contribution in [3.63, 3.8) is 0 Å².